The van der Waals surface area contributed by atoms with Crippen LogP contribution in [-0.4, -0.2) is 52.7 Å². The highest BCUT2D eigenvalue weighted by Crippen LogP contribution is 2.24. The molecule has 0 spiro atoms. The van der Waals surface area contributed by atoms with Crippen LogP contribution in [0.15, 0.2) is 36.4 Å². The van der Waals surface area contributed by atoms with Crippen molar-refractivity contribution in [3.05, 3.63) is 74.6 Å². The van der Waals surface area contributed by atoms with Gasteiger partial charge in [0.1, 0.15) is 5.82 Å². The number of hydrogen-bond donors (Lipinski definition) is 0. The van der Waals surface area contributed by atoms with Gasteiger partial charge in [0, 0.05) is 43.4 Å². The average molecular weight is 413 g/mol. The molecule has 0 aliphatic carbocycles. The lowest BCUT2D eigenvalue weighted by molar-refractivity contribution is -0.385. The van der Waals surface area contributed by atoms with E-state index in [1.54, 1.807) is 4.90 Å². The predicted molar refractivity (Wildman–Crippen MR) is 110 cm³/mol. The van der Waals surface area contributed by atoms with Gasteiger partial charge in [0.25, 0.3) is 17.5 Å². The van der Waals surface area contributed by atoms with Crippen molar-refractivity contribution in [3.63, 3.8) is 0 Å². The van der Waals surface area contributed by atoms with E-state index in [9.17, 15) is 24.1 Å². The molecule has 0 bridgehead atoms. The molecule has 1 aliphatic rings. The standard InChI is InChI=1S/C22H24FN3O4/c1-14(2)16-4-6-17(7-5-16)21(27)24-8-10-25(11-9-24)22(28)18-12-19(23)15(3)20(13-18)26(29)30/h4-7,12-14H,8-11H2,1-3H3. The molecule has 1 aliphatic heterocycles. The highest BCUT2D eigenvalue weighted by molar-refractivity contribution is 5.96. The van der Waals surface area contributed by atoms with E-state index in [4.69, 9.17) is 0 Å². The Labute approximate surface area is 174 Å². The predicted octanol–water partition coefficient (Wildman–Crippen LogP) is 3.76. The molecule has 2 aromatic rings. The first-order valence-corrected chi connectivity index (χ1v) is 9.82. The molecule has 30 heavy (non-hydrogen) atoms. The molecule has 0 radical (unpaired) electrons. The molecular formula is C22H24FN3O4. The van der Waals surface area contributed by atoms with Crippen molar-refractivity contribution in [3.8, 4) is 0 Å². The zero-order chi connectivity index (χ0) is 22.0. The van der Waals surface area contributed by atoms with Crippen LogP contribution in [0.3, 0.4) is 0 Å². The number of halogens is 1. The number of benzene rings is 2. The second-order valence-electron chi connectivity index (χ2n) is 7.72. The van der Waals surface area contributed by atoms with Gasteiger partial charge in [-0.15, -0.1) is 0 Å². The Morgan fingerprint density at radius 3 is 1.93 bits per heavy atom. The average Bonchev–Trinajstić information content (AvgIpc) is 2.74. The number of piperazine rings is 1. The number of carbonyl (C=O) groups is 2. The largest absolute Gasteiger partial charge is 0.335 e. The highest BCUT2D eigenvalue weighted by atomic mass is 19.1. The van der Waals surface area contributed by atoms with E-state index >= 15 is 0 Å². The van der Waals surface area contributed by atoms with Crippen LogP contribution in [0.4, 0.5) is 10.1 Å². The third kappa shape index (κ3) is 4.32. The Bertz CT molecular complexity index is 981. The van der Waals surface area contributed by atoms with Crippen LogP contribution in [0.1, 0.15) is 51.6 Å². The molecule has 1 saturated heterocycles. The third-order valence-corrected chi connectivity index (χ3v) is 5.44. The normalized spacial score (nSPS) is 14.2. The minimum Gasteiger partial charge on any atom is -0.335 e. The number of nitro groups is 1. The monoisotopic (exact) mass is 413 g/mol. The number of rotatable bonds is 4. The van der Waals surface area contributed by atoms with Gasteiger partial charge in [0.2, 0.25) is 0 Å². The highest BCUT2D eigenvalue weighted by Gasteiger charge is 2.27. The minimum atomic E-state index is -0.786. The van der Waals surface area contributed by atoms with Crippen molar-refractivity contribution in [1.82, 2.24) is 9.80 Å². The van der Waals surface area contributed by atoms with Crippen molar-refractivity contribution < 1.29 is 18.9 Å². The fraction of sp³-hybridized carbons (Fsp3) is 0.364. The maximum atomic E-state index is 14.0. The van der Waals surface area contributed by atoms with Crippen LogP contribution in [0.2, 0.25) is 0 Å². The Morgan fingerprint density at radius 1 is 0.967 bits per heavy atom. The van der Waals surface area contributed by atoms with E-state index in [0.29, 0.717) is 24.6 Å². The van der Waals surface area contributed by atoms with Crippen LogP contribution < -0.4 is 0 Å². The van der Waals surface area contributed by atoms with E-state index in [0.717, 1.165) is 17.7 Å². The van der Waals surface area contributed by atoms with E-state index in [1.807, 2.05) is 24.3 Å². The summed E-state index contributed by atoms with van der Waals surface area (Å²) in [5.74, 6) is -0.989. The van der Waals surface area contributed by atoms with Crippen molar-refractivity contribution >= 4 is 17.5 Å². The summed E-state index contributed by atoms with van der Waals surface area (Å²) in [4.78, 5) is 39.0. The quantitative estimate of drug-likeness (QED) is 0.564. The smallest absolute Gasteiger partial charge is 0.276 e. The van der Waals surface area contributed by atoms with Crippen LogP contribution >= 0.6 is 0 Å². The zero-order valence-corrected chi connectivity index (χ0v) is 17.2. The first-order chi connectivity index (χ1) is 14.2. The van der Waals surface area contributed by atoms with Gasteiger partial charge < -0.3 is 9.80 Å². The molecule has 0 unspecified atom stereocenters. The zero-order valence-electron chi connectivity index (χ0n) is 17.2. The van der Waals surface area contributed by atoms with Crippen molar-refractivity contribution in [2.45, 2.75) is 26.7 Å². The molecule has 0 atom stereocenters. The first kappa shape index (κ1) is 21.4. The second kappa shape index (κ2) is 8.61. The Hall–Kier alpha value is -3.29. The van der Waals surface area contributed by atoms with Crippen LogP contribution in [0.5, 0.6) is 0 Å². The van der Waals surface area contributed by atoms with Gasteiger partial charge >= 0.3 is 0 Å². The maximum Gasteiger partial charge on any atom is 0.276 e. The van der Waals surface area contributed by atoms with Crippen LogP contribution in [0, 0.1) is 22.9 Å². The van der Waals surface area contributed by atoms with Gasteiger partial charge in [-0.25, -0.2) is 4.39 Å². The summed E-state index contributed by atoms with van der Waals surface area (Å²) < 4.78 is 14.0. The molecule has 0 saturated carbocycles. The summed E-state index contributed by atoms with van der Waals surface area (Å²) in [6, 6.07) is 9.63. The van der Waals surface area contributed by atoms with Gasteiger partial charge in [-0.1, -0.05) is 26.0 Å². The fourth-order valence-corrected chi connectivity index (χ4v) is 3.47. The van der Waals surface area contributed by atoms with Gasteiger partial charge in [-0.05, 0) is 36.6 Å². The molecule has 1 heterocycles. The number of hydrogen-bond acceptors (Lipinski definition) is 4. The molecule has 3 rings (SSSR count). The number of amides is 2. The summed E-state index contributed by atoms with van der Waals surface area (Å²) in [6.07, 6.45) is 0. The van der Waals surface area contributed by atoms with Crippen LogP contribution in [0.25, 0.3) is 0 Å². The van der Waals surface area contributed by atoms with Gasteiger partial charge in [-0.2, -0.15) is 0 Å². The lowest BCUT2D eigenvalue weighted by Crippen LogP contribution is -2.50. The van der Waals surface area contributed by atoms with Gasteiger partial charge in [0.15, 0.2) is 0 Å². The Morgan fingerprint density at radius 2 is 1.47 bits per heavy atom. The van der Waals surface area contributed by atoms with Crippen molar-refractivity contribution in [2.75, 3.05) is 26.2 Å². The van der Waals surface area contributed by atoms with Gasteiger partial charge in [-0.3, -0.25) is 19.7 Å². The van der Waals surface area contributed by atoms with Crippen molar-refractivity contribution in [2.24, 2.45) is 0 Å². The molecule has 0 aromatic heterocycles. The molecule has 158 valence electrons. The third-order valence-electron chi connectivity index (χ3n) is 5.44. The van der Waals surface area contributed by atoms with Crippen LogP contribution in [-0.2, 0) is 0 Å². The molecule has 2 aromatic carbocycles. The second-order valence-corrected chi connectivity index (χ2v) is 7.72. The number of nitro benzene ring substituents is 1. The first-order valence-electron chi connectivity index (χ1n) is 9.82. The molecule has 8 heteroatoms. The molecule has 0 N–H and O–H groups in total. The molecule has 7 nitrogen and oxygen atoms in total. The summed E-state index contributed by atoms with van der Waals surface area (Å²) >= 11 is 0. The fourth-order valence-electron chi connectivity index (χ4n) is 3.47. The molecular weight excluding hydrogens is 389 g/mol. The molecule has 2 amide bonds. The SMILES string of the molecule is Cc1c(F)cc(C(=O)N2CCN(C(=O)c3ccc(C(C)C)cc3)CC2)cc1[N+](=O)[O-]. The lowest BCUT2D eigenvalue weighted by atomic mass is 10.0. The number of nitrogens with zero attached hydrogens (tertiary/aromatic N) is 3. The summed E-state index contributed by atoms with van der Waals surface area (Å²) in [6.45, 7) is 6.71. The van der Waals surface area contributed by atoms with Crippen molar-refractivity contribution in [1.29, 1.82) is 0 Å². The van der Waals surface area contributed by atoms with E-state index in [1.165, 1.54) is 11.8 Å². The topological polar surface area (TPSA) is 83.8 Å². The Balaban J connectivity index is 1.67. The maximum absolute atomic E-state index is 14.0. The van der Waals surface area contributed by atoms with E-state index < -0.39 is 22.3 Å². The van der Waals surface area contributed by atoms with E-state index in [2.05, 4.69) is 13.8 Å². The summed E-state index contributed by atoms with van der Waals surface area (Å²) in [5, 5.41) is 11.1. The Kier molecular flexibility index (Phi) is 6.14. The number of carbonyl (C=O) groups excluding carboxylic acids is 2. The lowest BCUT2D eigenvalue weighted by Gasteiger charge is -2.35. The molecule has 1 fully saturated rings. The van der Waals surface area contributed by atoms with Gasteiger partial charge in [0.05, 0.1) is 10.5 Å². The minimum absolute atomic E-state index is 0.0612. The van der Waals surface area contributed by atoms with E-state index in [-0.39, 0.29) is 30.1 Å². The summed E-state index contributed by atoms with van der Waals surface area (Å²) in [7, 11) is 0. The summed E-state index contributed by atoms with van der Waals surface area (Å²) in [5.41, 5.74) is 1.16.